The number of pyridine rings is 2. The second-order valence-corrected chi connectivity index (χ2v) is 11.4. The molecule has 0 aliphatic carbocycles. The maximum atomic E-state index is 6.21. The molecule has 4 aromatic heterocycles. The largest absolute Gasteiger partial charge is 0.454 e. The maximum absolute atomic E-state index is 6.21. The van der Waals surface area contributed by atoms with Gasteiger partial charge in [0, 0.05) is 39.0 Å². The van der Waals surface area contributed by atoms with Crippen molar-refractivity contribution in [2.75, 3.05) is 0 Å². The van der Waals surface area contributed by atoms with Crippen LogP contribution in [-0.2, 0) is 0 Å². The number of para-hydroxylation sites is 1. The Bertz CT molecular complexity index is 2500. The summed E-state index contributed by atoms with van der Waals surface area (Å²) in [6.45, 7) is 0. The zero-order valence-electron chi connectivity index (χ0n) is 25.1. The van der Waals surface area contributed by atoms with Crippen LogP contribution in [0.25, 0.3) is 89.5 Å². The molecule has 9 rings (SSSR count). The average Bonchev–Trinajstić information content (AvgIpc) is 3.54. The number of rotatable bonds is 5. The number of nitrogens with zero attached hydrogens (tertiary/aromatic N) is 5. The molecule has 0 aliphatic rings. The summed E-state index contributed by atoms with van der Waals surface area (Å²) in [6, 6.07) is 48.9. The first-order valence-corrected chi connectivity index (χ1v) is 15.4. The molecule has 6 heteroatoms. The fourth-order valence-corrected chi connectivity index (χ4v) is 6.02. The Labute approximate surface area is 270 Å². The molecule has 0 fully saturated rings. The van der Waals surface area contributed by atoms with Crippen LogP contribution in [0.1, 0.15) is 0 Å². The lowest BCUT2D eigenvalue weighted by Gasteiger charge is -2.09. The first-order valence-electron chi connectivity index (χ1n) is 15.4. The van der Waals surface area contributed by atoms with Crippen LogP contribution in [0.15, 0.2) is 156 Å². The van der Waals surface area contributed by atoms with Crippen LogP contribution >= 0.6 is 0 Å². The number of furan rings is 1. The van der Waals surface area contributed by atoms with Gasteiger partial charge < -0.3 is 4.42 Å². The van der Waals surface area contributed by atoms with E-state index >= 15 is 0 Å². The molecular formula is C41H25N5O. The van der Waals surface area contributed by atoms with Crippen molar-refractivity contribution in [1.29, 1.82) is 0 Å². The first-order chi connectivity index (χ1) is 23.3. The third-order valence-corrected chi connectivity index (χ3v) is 8.40. The predicted molar refractivity (Wildman–Crippen MR) is 187 cm³/mol. The second kappa shape index (κ2) is 11.1. The number of hydrogen-bond donors (Lipinski definition) is 0. The van der Waals surface area contributed by atoms with Gasteiger partial charge in [0.15, 0.2) is 23.1 Å². The second-order valence-electron chi connectivity index (χ2n) is 11.4. The fraction of sp³-hybridized carbons (Fsp3) is 0. The van der Waals surface area contributed by atoms with Crippen molar-refractivity contribution < 1.29 is 4.42 Å². The van der Waals surface area contributed by atoms with Crippen LogP contribution in [0.4, 0.5) is 0 Å². The normalized spacial score (nSPS) is 11.4. The van der Waals surface area contributed by atoms with Crippen molar-refractivity contribution in [3.63, 3.8) is 0 Å². The minimum Gasteiger partial charge on any atom is -0.454 e. The number of benzene rings is 5. The molecule has 0 unspecified atom stereocenters. The van der Waals surface area contributed by atoms with E-state index in [4.69, 9.17) is 24.4 Å². The van der Waals surface area contributed by atoms with E-state index in [-0.39, 0.29) is 0 Å². The standard InChI is InChI=1S/C41H25N5O/c1-3-9-27(10-4-1)39-44-40(28-11-5-2-6-12-28)46-41(45-39)29-17-15-26(16-18-29)30-19-21-34-31(25-30)20-22-35(43-34)37-38-33(23-24-42-37)32-13-7-8-14-36(32)47-38/h1-25H. The molecular weight excluding hydrogens is 578 g/mol. The van der Waals surface area contributed by atoms with E-state index < -0.39 is 0 Å². The number of fused-ring (bicyclic) bond motifs is 4. The molecule has 0 atom stereocenters. The molecule has 0 amide bonds. The Morgan fingerprint density at radius 3 is 1.72 bits per heavy atom. The van der Waals surface area contributed by atoms with Gasteiger partial charge in [-0.25, -0.2) is 19.9 Å². The highest BCUT2D eigenvalue weighted by molar-refractivity contribution is 6.08. The lowest BCUT2D eigenvalue weighted by molar-refractivity contribution is 0.668. The van der Waals surface area contributed by atoms with Crippen molar-refractivity contribution in [2.24, 2.45) is 0 Å². The average molecular weight is 604 g/mol. The van der Waals surface area contributed by atoms with Gasteiger partial charge in [0.2, 0.25) is 0 Å². The van der Waals surface area contributed by atoms with E-state index in [1.54, 1.807) is 0 Å². The van der Waals surface area contributed by atoms with Crippen molar-refractivity contribution in [2.45, 2.75) is 0 Å². The van der Waals surface area contributed by atoms with Crippen LogP contribution in [0.3, 0.4) is 0 Å². The third-order valence-electron chi connectivity index (χ3n) is 8.40. The van der Waals surface area contributed by atoms with Crippen molar-refractivity contribution in [1.82, 2.24) is 24.9 Å². The minimum atomic E-state index is 0.632. The van der Waals surface area contributed by atoms with Gasteiger partial charge in [-0.15, -0.1) is 0 Å². The Hall–Kier alpha value is -6.53. The summed E-state index contributed by atoms with van der Waals surface area (Å²) >= 11 is 0. The summed E-state index contributed by atoms with van der Waals surface area (Å²) in [5.41, 5.74) is 9.02. The molecule has 0 saturated carbocycles. The topological polar surface area (TPSA) is 77.6 Å². The molecule has 0 spiro atoms. The molecule has 0 bridgehead atoms. The summed E-state index contributed by atoms with van der Waals surface area (Å²) in [4.78, 5) is 24.2. The Kier molecular flexibility index (Phi) is 6.35. The molecule has 47 heavy (non-hydrogen) atoms. The van der Waals surface area contributed by atoms with Gasteiger partial charge in [0.25, 0.3) is 0 Å². The molecule has 0 N–H and O–H groups in total. The van der Waals surface area contributed by atoms with E-state index in [2.05, 4.69) is 59.6 Å². The van der Waals surface area contributed by atoms with E-state index in [0.717, 1.165) is 72.0 Å². The minimum absolute atomic E-state index is 0.632. The van der Waals surface area contributed by atoms with Crippen molar-refractivity contribution in [3.05, 3.63) is 152 Å². The number of aromatic nitrogens is 5. The van der Waals surface area contributed by atoms with Crippen molar-refractivity contribution >= 4 is 32.8 Å². The van der Waals surface area contributed by atoms with E-state index in [1.807, 2.05) is 97.2 Å². The smallest absolute Gasteiger partial charge is 0.164 e. The monoisotopic (exact) mass is 603 g/mol. The summed E-state index contributed by atoms with van der Waals surface area (Å²) in [5.74, 6) is 1.92. The summed E-state index contributed by atoms with van der Waals surface area (Å²) in [6.07, 6.45) is 1.82. The van der Waals surface area contributed by atoms with E-state index in [9.17, 15) is 0 Å². The molecule has 0 saturated heterocycles. The van der Waals surface area contributed by atoms with Crippen LogP contribution in [-0.4, -0.2) is 24.9 Å². The molecule has 0 radical (unpaired) electrons. The molecule has 6 nitrogen and oxygen atoms in total. The lowest BCUT2D eigenvalue weighted by Crippen LogP contribution is -2.00. The van der Waals surface area contributed by atoms with Crippen LogP contribution in [0, 0.1) is 0 Å². The van der Waals surface area contributed by atoms with Gasteiger partial charge in [0.1, 0.15) is 11.3 Å². The highest BCUT2D eigenvalue weighted by atomic mass is 16.3. The number of hydrogen-bond acceptors (Lipinski definition) is 6. The maximum Gasteiger partial charge on any atom is 0.164 e. The van der Waals surface area contributed by atoms with Crippen molar-refractivity contribution in [3.8, 4) is 56.7 Å². The van der Waals surface area contributed by atoms with Gasteiger partial charge in [-0.2, -0.15) is 0 Å². The third kappa shape index (κ3) is 4.89. The Balaban J connectivity index is 1.05. The van der Waals surface area contributed by atoms with Gasteiger partial charge in [-0.3, -0.25) is 4.98 Å². The highest BCUT2D eigenvalue weighted by Gasteiger charge is 2.15. The quantitative estimate of drug-likeness (QED) is 0.195. The van der Waals surface area contributed by atoms with E-state index in [1.165, 1.54) is 0 Å². The van der Waals surface area contributed by atoms with Gasteiger partial charge in [-0.1, -0.05) is 115 Å². The summed E-state index contributed by atoms with van der Waals surface area (Å²) in [7, 11) is 0. The Morgan fingerprint density at radius 2 is 1.02 bits per heavy atom. The zero-order chi connectivity index (χ0) is 31.2. The first kappa shape index (κ1) is 26.8. The van der Waals surface area contributed by atoms with E-state index in [0.29, 0.717) is 17.5 Å². The zero-order valence-corrected chi connectivity index (χ0v) is 25.1. The van der Waals surface area contributed by atoms with Crippen LogP contribution in [0.5, 0.6) is 0 Å². The van der Waals surface area contributed by atoms with Crippen LogP contribution in [0.2, 0.25) is 0 Å². The highest BCUT2D eigenvalue weighted by Crippen LogP contribution is 2.35. The fourth-order valence-electron chi connectivity index (χ4n) is 6.02. The Morgan fingerprint density at radius 1 is 0.426 bits per heavy atom. The SMILES string of the molecule is c1ccc(-c2nc(-c3ccccc3)nc(-c3ccc(-c4ccc5nc(-c6nccc7c6oc6ccccc67)ccc5c4)cc3)n2)cc1. The molecule has 4 heterocycles. The molecule has 0 aliphatic heterocycles. The molecule has 9 aromatic rings. The molecule has 5 aromatic carbocycles. The van der Waals surface area contributed by atoms with Gasteiger partial charge in [-0.05, 0) is 41.5 Å². The molecule has 220 valence electrons. The van der Waals surface area contributed by atoms with Gasteiger partial charge in [0.05, 0.1) is 11.2 Å². The summed E-state index contributed by atoms with van der Waals surface area (Å²) < 4.78 is 6.21. The summed E-state index contributed by atoms with van der Waals surface area (Å²) in [5, 5.41) is 3.16. The predicted octanol–water partition coefficient (Wildman–Crippen LogP) is 10.0. The lowest BCUT2D eigenvalue weighted by atomic mass is 10.0. The van der Waals surface area contributed by atoms with Crippen LogP contribution < -0.4 is 0 Å². The van der Waals surface area contributed by atoms with Gasteiger partial charge >= 0.3 is 0 Å².